The van der Waals surface area contributed by atoms with Gasteiger partial charge in [-0.3, -0.25) is 10.1 Å². The maximum atomic E-state index is 10.7. The molecular weight excluding hydrogens is 234 g/mol. The summed E-state index contributed by atoms with van der Waals surface area (Å²) in [6.45, 7) is 1.78. The van der Waals surface area contributed by atoms with Crippen LogP contribution in [-0.4, -0.2) is 16.6 Å². The molecule has 0 radical (unpaired) electrons. The molecule has 0 aliphatic carbocycles. The summed E-state index contributed by atoms with van der Waals surface area (Å²) in [4.78, 5) is 11.3. The van der Waals surface area contributed by atoms with E-state index < -0.39 is 0 Å². The molecular formula is C10H12ClNO2S. The van der Waals surface area contributed by atoms with Crippen LogP contribution in [0.1, 0.15) is 12.0 Å². The standard InChI is InChI=1S/C10H12ClNO2S/c1-8-9(12(13)14)4-2-5-10(8)15-7-3-6-11/h2,4-5H,3,6-7H2,1H3. The van der Waals surface area contributed by atoms with Gasteiger partial charge in [0.25, 0.3) is 5.69 Å². The van der Waals surface area contributed by atoms with E-state index in [9.17, 15) is 10.1 Å². The van der Waals surface area contributed by atoms with E-state index in [-0.39, 0.29) is 10.6 Å². The molecule has 0 heterocycles. The van der Waals surface area contributed by atoms with E-state index in [1.165, 1.54) is 6.07 Å². The van der Waals surface area contributed by atoms with Crippen LogP contribution >= 0.6 is 23.4 Å². The topological polar surface area (TPSA) is 43.1 Å². The van der Waals surface area contributed by atoms with Gasteiger partial charge in [0.2, 0.25) is 0 Å². The summed E-state index contributed by atoms with van der Waals surface area (Å²) in [7, 11) is 0. The van der Waals surface area contributed by atoms with Crippen molar-refractivity contribution >= 4 is 29.1 Å². The van der Waals surface area contributed by atoms with E-state index in [1.54, 1.807) is 24.8 Å². The lowest BCUT2D eigenvalue weighted by Crippen LogP contribution is -1.93. The van der Waals surface area contributed by atoms with Crippen molar-refractivity contribution in [3.8, 4) is 0 Å². The molecule has 15 heavy (non-hydrogen) atoms. The summed E-state index contributed by atoms with van der Waals surface area (Å²) in [6, 6.07) is 5.15. The minimum Gasteiger partial charge on any atom is -0.258 e. The van der Waals surface area contributed by atoms with Gasteiger partial charge in [-0.1, -0.05) is 6.07 Å². The number of nitro benzene ring substituents is 1. The normalized spacial score (nSPS) is 10.3. The zero-order valence-corrected chi connectivity index (χ0v) is 9.98. The van der Waals surface area contributed by atoms with Gasteiger partial charge in [-0.2, -0.15) is 0 Å². The van der Waals surface area contributed by atoms with Crippen LogP contribution in [-0.2, 0) is 0 Å². The Hall–Kier alpha value is -0.740. The van der Waals surface area contributed by atoms with Crippen LogP contribution in [0.5, 0.6) is 0 Å². The lowest BCUT2D eigenvalue weighted by Gasteiger charge is -2.04. The summed E-state index contributed by atoms with van der Waals surface area (Å²) in [5.41, 5.74) is 0.924. The van der Waals surface area contributed by atoms with Crippen molar-refractivity contribution in [1.82, 2.24) is 0 Å². The average Bonchev–Trinajstić information content (AvgIpc) is 2.20. The maximum absolute atomic E-state index is 10.7. The molecule has 0 amide bonds. The Morgan fingerprint density at radius 3 is 2.87 bits per heavy atom. The van der Waals surface area contributed by atoms with Crippen molar-refractivity contribution in [2.75, 3.05) is 11.6 Å². The van der Waals surface area contributed by atoms with Gasteiger partial charge >= 0.3 is 0 Å². The van der Waals surface area contributed by atoms with Crippen molar-refractivity contribution in [1.29, 1.82) is 0 Å². The van der Waals surface area contributed by atoms with E-state index >= 15 is 0 Å². The Labute approximate surface area is 98.0 Å². The number of hydrogen-bond donors (Lipinski definition) is 0. The van der Waals surface area contributed by atoms with Crippen LogP contribution < -0.4 is 0 Å². The van der Waals surface area contributed by atoms with Crippen LogP contribution in [0.15, 0.2) is 23.1 Å². The zero-order chi connectivity index (χ0) is 11.3. The molecule has 0 saturated heterocycles. The number of benzene rings is 1. The predicted molar refractivity (Wildman–Crippen MR) is 63.9 cm³/mol. The molecule has 0 aliphatic heterocycles. The zero-order valence-electron chi connectivity index (χ0n) is 8.40. The molecule has 3 nitrogen and oxygen atoms in total. The van der Waals surface area contributed by atoms with E-state index in [0.29, 0.717) is 5.88 Å². The SMILES string of the molecule is Cc1c(SCCCCl)cccc1[N+](=O)[O-]. The van der Waals surface area contributed by atoms with Gasteiger partial charge in [0.05, 0.1) is 4.92 Å². The highest BCUT2D eigenvalue weighted by Crippen LogP contribution is 2.29. The summed E-state index contributed by atoms with van der Waals surface area (Å²) in [6.07, 6.45) is 0.911. The smallest absolute Gasteiger partial charge is 0.258 e. The highest BCUT2D eigenvalue weighted by Gasteiger charge is 2.12. The average molecular weight is 246 g/mol. The van der Waals surface area contributed by atoms with E-state index in [0.717, 1.165) is 22.6 Å². The highest BCUT2D eigenvalue weighted by molar-refractivity contribution is 7.99. The molecule has 1 aromatic rings. The number of nitrogens with zero attached hydrogens (tertiary/aromatic N) is 1. The van der Waals surface area contributed by atoms with Gasteiger partial charge in [-0.05, 0) is 25.2 Å². The molecule has 0 fully saturated rings. The fraction of sp³-hybridized carbons (Fsp3) is 0.400. The Morgan fingerprint density at radius 1 is 1.53 bits per heavy atom. The minimum absolute atomic E-state index is 0.186. The molecule has 5 heteroatoms. The first-order valence-corrected chi connectivity index (χ1v) is 6.11. The van der Waals surface area contributed by atoms with Gasteiger partial charge in [0.15, 0.2) is 0 Å². The van der Waals surface area contributed by atoms with Crippen LogP contribution in [0.25, 0.3) is 0 Å². The molecule has 0 aromatic heterocycles. The first-order chi connectivity index (χ1) is 7.16. The summed E-state index contributed by atoms with van der Waals surface area (Å²) in [5.74, 6) is 1.52. The molecule has 0 N–H and O–H groups in total. The quantitative estimate of drug-likeness (QED) is 0.262. The molecule has 82 valence electrons. The monoisotopic (exact) mass is 245 g/mol. The van der Waals surface area contributed by atoms with Crippen molar-refractivity contribution in [2.24, 2.45) is 0 Å². The Morgan fingerprint density at radius 2 is 2.27 bits per heavy atom. The van der Waals surface area contributed by atoms with Crippen LogP contribution in [0, 0.1) is 17.0 Å². The lowest BCUT2D eigenvalue weighted by molar-refractivity contribution is -0.385. The molecule has 0 spiro atoms. The fourth-order valence-electron chi connectivity index (χ4n) is 1.19. The van der Waals surface area contributed by atoms with Crippen molar-refractivity contribution in [2.45, 2.75) is 18.2 Å². The molecule has 0 unspecified atom stereocenters. The molecule has 1 aromatic carbocycles. The second-order valence-corrected chi connectivity index (χ2v) is 4.56. The molecule has 0 saturated carbocycles. The second kappa shape index (κ2) is 5.98. The number of nitro groups is 1. The lowest BCUT2D eigenvalue weighted by atomic mass is 10.2. The number of thioether (sulfide) groups is 1. The summed E-state index contributed by atoms with van der Waals surface area (Å²) in [5, 5.41) is 10.7. The Kier molecular flexibility index (Phi) is 4.91. The van der Waals surface area contributed by atoms with E-state index in [1.807, 2.05) is 6.07 Å². The van der Waals surface area contributed by atoms with Gasteiger partial charge < -0.3 is 0 Å². The second-order valence-electron chi connectivity index (χ2n) is 3.05. The largest absolute Gasteiger partial charge is 0.273 e. The molecule has 0 bridgehead atoms. The highest BCUT2D eigenvalue weighted by atomic mass is 35.5. The molecule has 0 atom stereocenters. The van der Waals surface area contributed by atoms with Crippen molar-refractivity contribution in [3.63, 3.8) is 0 Å². The van der Waals surface area contributed by atoms with E-state index in [4.69, 9.17) is 11.6 Å². The van der Waals surface area contributed by atoms with Crippen LogP contribution in [0.3, 0.4) is 0 Å². The number of alkyl halides is 1. The van der Waals surface area contributed by atoms with Gasteiger partial charge in [-0.15, -0.1) is 23.4 Å². The minimum atomic E-state index is -0.346. The maximum Gasteiger partial charge on any atom is 0.273 e. The predicted octanol–water partition coefficient (Wildman–Crippen LogP) is 3.62. The molecule has 0 aliphatic rings. The first kappa shape index (κ1) is 12.3. The number of hydrogen-bond acceptors (Lipinski definition) is 3. The Bertz CT molecular complexity index is 357. The third kappa shape index (κ3) is 3.39. The van der Waals surface area contributed by atoms with Gasteiger partial charge in [0, 0.05) is 22.4 Å². The number of halogens is 1. The fourth-order valence-corrected chi connectivity index (χ4v) is 2.49. The third-order valence-corrected chi connectivity index (χ3v) is 3.50. The molecule has 1 rings (SSSR count). The van der Waals surface area contributed by atoms with E-state index in [2.05, 4.69) is 0 Å². The third-order valence-electron chi connectivity index (χ3n) is 1.99. The Balaban J connectivity index is 2.80. The summed E-state index contributed by atoms with van der Waals surface area (Å²) >= 11 is 7.18. The first-order valence-electron chi connectivity index (χ1n) is 4.59. The number of rotatable bonds is 5. The van der Waals surface area contributed by atoms with Crippen molar-refractivity contribution in [3.05, 3.63) is 33.9 Å². The van der Waals surface area contributed by atoms with Crippen molar-refractivity contribution < 1.29 is 4.92 Å². The van der Waals surface area contributed by atoms with Crippen LogP contribution in [0.2, 0.25) is 0 Å². The van der Waals surface area contributed by atoms with Gasteiger partial charge in [0.1, 0.15) is 0 Å². The van der Waals surface area contributed by atoms with Crippen LogP contribution in [0.4, 0.5) is 5.69 Å². The van der Waals surface area contributed by atoms with Gasteiger partial charge in [-0.25, -0.2) is 0 Å². The summed E-state index contributed by atoms with van der Waals surface area (Å²) < 4.78 is 0.